The highest BCUT2D eigenvalue weighted by atomic mass is 16.2. The molecule has 0 unspecified atom stereocenters. The van der Waals surface area contributed by atoms with E-state index >= 15 is 0 Å². The minimum atomic E-state index is -0.816. The Labute approximate surface area is 224 Å². The second-order valence-electron chi connectivity index (χ2n) is 9.98. The van der Waals surface area contributed by atoms with Gasteiger partial charge in [0.05, 0.1) is 12.5 Å². The van der Waals surface area contributed by atoms with Crippen molar-refractivity contribution in [3.8, 4) is 0 Å². The quantitative estimate of drug-likeness (QED) is 0.299. The monoisotopic (exact) mass is 506 g/mol. The van der Waals surface area contributed by atoms with Gasteiger partial charge in [-0.25, -0.2) is 0 Å². The van der Waals surface area contributed by atoms with Crippen molar-refractivity contribution in [2.75, 3.05) is 0 Å². The maximum Gasteiger partial charge on any atom is 0.243 e. The molecule has 2 atom stereocenters. The molecule has 0 bridgehead atoms. The first-order valence-electron chi connectivity index (χ1n) is 13.1. The molecule has 5 nitrogen and oxygen atoms in total. The number of carbonyl (C=O) groups is 3. The Morgan fingerprint density at radius 3 is 1.76 bits per heavy atom. The number of ketones is 1. The lowest BCUT2D eigenvalue weighted by Crippen LogP contribution is -2.53. The van der Waals surface area contributed by atoms with Crippen LogP contribution in [0.4, 0.5) is 0 Å². The van der Waals surface area contributed by atoms with Crippen LogP contribution >= 0.6 is 0 Å². The highest BCUT2D eigenvalue weighted by molar-refractivity contribution is 5.94. The molecule has 0 heterocycles. The van der Waals surface area contributed by atoms with Crippen molar-refractivity contribution in [3.05, 3.63) is 120 Å². The molecule has 0 fully saturated rings. The van der Waals surface area contributed by atoms with Gasteiger partial charge in [-0.1, -0.05) is 117 Å². The first-order chi connectivity index (χ1) is 18.4. The molecule has 194 valence electrons. The van der Waals surface area contributed by atoms with Crippen LogP contribution < -0.4 is 10.6 Å². The third-order valence-corrected chi connectivity index (χ3v) is 6.62. The van der Waals surface area contributed by atoms with Gasteiger partial charge in [-0.05, 0) is 33.9 Å². The summed E-state index contributed by atoms with van der Waals surface area (Å²) in [7, 11) is 0. The van der Waals surface area contributed by atoms with Crippen molar-refractivity contribution >= 4 is 28.4 Å². The van der Waals surface area contributed by atoms with Crippen molar-refractivity contribution in [1.82, 2.24) is 10.6 Å². The molecule has 4 aromatic rings. The number of Topliss-reactive ketones (excluding diaryl/α,β-unsaturated/α-hetero) is 1. The highest BCUT2D eigenvalue weighted by Gasteiger charge is 2.28. The third kappa shape index (κ3) is 7.39. The number of benzene rings is 4. The molecule has 5 heteroatoms. The SMILES string of the molecule is CC(C)C(=O)[C@H](Cc1ccccc1)NC(=O)[C@H](Cc1ccccc1)NC(=O)Cc1ccc2ccccc2c1. The molecule has 0 saturated heterocycles. The average molecular weight is 507 g/mol. The lowest BCUT2D eigenvalue weighted by atomic mass is 9.95. The lowest BCUT2D eigenvalue weighted by molar-refractivity contribution is -0.132. The van der Waals surface area contributed by atoms with Crippen LogP contribution in [0, 0.1) is 5.92 Å². The average Bonchev–Trinajstić information content (AvgIpc) is 2.93. The van der Waals surface area contributed by atoms with Crippen LogP contribution in [0.1, 0.15) is 30.5 Å². The summed E-state index contributed by atoms with van der Waals surface area (Å²) in [6.07, 6.45) is 0.874. The Hall–Kier alpha value is -4.25. The van der Waals surface area contributed by atoms with Gasteiger partial charge in [0.25, 0.3) is 0 Å². The number of amides is 2. The minimum absolute atomic E-state index is 0.0387. The van der Waals surface area contributed by atoms with Crippen LogP contribution in [0.2, 0.25) is 0 Å². The number of fused-ring (bicyclic) bond motifs is 1. The van der Waals surface area contributed by atoms with E-state index < -0.39 is 12.1 Å². The zero-order valence-corrected chi connectivity index (χ0v) is 21.9. The predicted molar refractivity (Wildman–Crippen MR) is 152 cm³/mol. The Balaban J connectivity index is 1.51. The molecule has 0 aliphatic heterocycles. The molecule has 38 heavy (non-hydrogen) atoms. The lowest BCUT2D eigenvalue weighted by Gasteiger charge is -2.24. The minimum Gasteiger partial charge on any atom is -0.344 e. The van der Waals surface area contributed by atoms with E-state index in [0.29, 0.717) is 12.8 Å². The number of nitrogens with one attached hydrogen (secondary N) is 2. The van der Waals surface area contributed by atoms with Gasteiger partial charge in [0.1, 0.15) is 6.04 Å². The van der Waals surface area contributed by atoms with E-state index in [-0.39, 0.29) is 29.9 Å². The first-order valence-corrected chi connectivity index (χ1v) is 13.1. The van der Waals surface area contributed by atoms with Crippen molar-refractivity contribution in [1.29, 1.82) is 0 Å². The summed E-state index contributed by atoms with van der Waals surface area (Å²) in [4.78, 5) is 39.7. The summed E-state index contributed by atoms with van der Waals surface area (Å²) < 4.78 is 0. The standard InChI is InChI=1S/C33H34N2O3/c1-23(2)32(37)29(20-24-11-5-3-6-12-24)35-33(38)30(21-25-13-7-4-8-14-25)34-31(36)22-26-17-18-27-15-9-10-16-28(27)19-26/h3-19,23,29-30H,20-22H2,1-2H3,(H,34,36)(H,35,38)/t29-,30-/m0/s1. The first kappa shape index (κ1) is 26.8. The second-order valence-corrected chi connectivity index (χ2v) is 9.98. The van der Waals surface area contributed by atoms with Gasteiger partial charge < -0.3 is 10.6 Å². The Morgan fingerprint density at radius 1 is 0.605 bits per heavy atom. The van der Waals surface area contributed by atoms with Crippen LogP contribution in [0.25, 0.3) is 10.8 Å². The van der Waals surface area contributed by atoms with Gasteiger partial charge in [0, 0.05) is 12.3 Å². The fraction of sp³-hybridized carbons (Fsp3) is 0.242. The molecule has 2 N–H and O–H groups in total. The molecule has 4 aromatic carbocycles. The molecule has 4 rings (SSSR count). The van der Waals surface area contributed by atoms with Gasteiger partial charge in [-0.2, -0.15) is 0 Å². The summed E-state index contributed by atoms with van der Waals surface area (Å²) in [5.74, 6) is -0.885. The highest BCUT2D eigenvalue weighted by Crippen LogP contribution is 2.16. The van der Waals surface area contributed by atoms with Crippen LogP contribution in [0.5, 0.6) is 0 Å². The van der Waals surface area contributed by atoms with Crippen LogP contribution in [-0.4, -0.2) is 29.7 Å². The van der Waals surface area contributed by atoms with E-state index in [1.807, 2.05) is 117 Å². The predicted octanol–water partition coefficient (Wildman–Crippen LogP) is 5.06. The Kier molecular flexibility index (Phi) is 9.04. The van der Waals surface area contributed by atoms with Crippen LogP contribution in [0.15, 0.2) is 103 Å². The van der Waals surface area contributed by atoms with Crippen molar-refractivity contribution in [3.63, 3.8) is 0 Å². The Morgan fingerprint density at radius 2 is 1.16 bits per heavy atom. The molecule has 0 aliphatic carbocycles. The summed E-state index contributed by atoms with van der Waals surface area (Å²) in [5.41, 5.74) is 2.76. The normalized spacial score (nSPS) is 12.6. The van der Waals surface area contributed by atoms with E-state index in [1.165, 1.54) is 0 Å². The number of hydrogen-bond acceptors (Lipinski definition) is 3. The molecule has 2 amide bonds. The second kappa shape index (κ2) is 12.8. The van der Waals surface area contributed by atoms with Crippen LogP contribution in [0.3, 0.4) is 0 Å². The molecule has 0 aliphatic rings. The maximum atomic E-state index is 13.6. The van der Waals surface area contributed by atoms with Gasteiger partial charge in [0.15, 0.2) is 5.78 Å². The topological polar surface area (TPSA) is 75.3 Å². The zero-order valence-electron chi connectivity index (χ0n) is 21.9. The van der Waals surface area contributed by atoms with Crippen molar-refractivity contribution in [2.24, 2.45) is 5.92 Å². The van der Waals surface area contributed by atoms with Crippen molar-refractivity contribution in [2.45, 2.75) is 45.2 Å². The largest absolute Gasteiger partial charge is 0.344 e. The van der Waals surface area contributed by atoms with Gasteiger partial charge >= 0.3 is 0 Å². The van der Waals surface area contributed by atoms with E-state index in [1.54, 1.807) is 0 Å². The number of hydrogen-bond donors (Lipinski definition) is 2. The molecule has 0 radical (unpaired) electrons. The summed E-state index contributed by atoms with van der Waals surface area (Å²) >= 11 is 0. The van der Waals surface area contributed by atoms with Gasteiger partial charge in [-0.15, -0.1) is 0 Å². The van der Waals surface area contributed by atoms with Crippen LogP contribution in [-0.2, 0) is 33.6 Å². The van der Waals surface area contributed by atoms with E-state index in [9.17, 15) is 14.4 Å². The summed E-state index contributed by atoms with van der Waals surface area (Å²) in [6.45, 7) is 3.67. The smallest absolute Gasteiger partial charge is 0.243 e. The fourth-order valence-electron chi connectivity index (χ4n) is 4.59. The third-order valence-electron chi connectivity index (χ3n) is 6.62. The van der Waals surface area contributed by atoms with Crippen molar-refractivity contribution < 1.29 is 14.4 Å². The zero-order chi connectivity index (χ0) is 26.9. The molecular weight excluding hydrogens is 472 g/mol. The van der Waals surface area contributed by atoms with E-state index in [0.717, 1.165) is 27.5 Å². The fourth-order valence-corrected chi connectivity index (χ4v) is 4.59. The maximum absolute atomic E-state index is 13.6. The summed E-state index contributed by atoms with van der Waals surface area (Å²) in [6, 6.07) is 31.6. The molecule has 0 spiro atoms. The molecule has 0 saturated carbocycles. The molecular formula is C33H34N2O3. The van der Waals surface area contributed by atoms with Gasteiger partial charge in [-0.3, -0.25) is 14.4 Å². The van der Waals surface area contributed by atoms with Gasteiger partial charge in [0.2, 0.25) is 11.8 Å². The van der Waals surface area contributed by atoms with E-state index in [4.69, 9.17) is 0 Å². The molecule has 0 aromatic heterocycles. The van der Waals surface area contributed by atoms with E-state index in [2.05, 4.69) is 10.6 Å². The summed E-state index contributed by atoms with van der Waals surface area (Å²) in [5, 5.41) is 8.07. The Bertz CT molecular complexity index is 1380. The number of carbonyl (C=O) groups excluding carboxylic acids is 3. The number of rotatable bonds is 11.